The molecular weight excluding hydrogens is 392 g/mol. The van der Waals surface area contributed by atoms with E-state index in [0.29, 0.717) is 18.6 Å². The standard InChI is InChI=1S/C24H32N4O3/c1-3-20(29)16-18(2)19-4-6-21(7-5-19)31-22-9-11-28(17-22)23-8-10-25-24(26-23)27-12-14-30-15-13-27/h4-8,10,18,22H,3,9,11-17H2,1-2H3/t18-,22?/m1/s1. The third-order valence-corrected chi connectivity index (χ3v) is 6.07. The topological polar surface area (TPSA) is 67.8 Å². The van der Waals surface area contributed by atoms with Gasteiger partial charge in [0, 0.05) is 45.1 Å². The average molecular weight is 425 g/mol. The molecule has 0 aliphatic carbocycles. The smallest absolute Gasteiger partial charge is 0.227 e. The Labute approximate surface area is 184 Å². The summed E-state index contributed by atoms with van der Waals surface area (Å²) in [6, 6.07) is 10.2. The molecule has 1 aromatic heterocycles. The highest BCUT2D eigenvalue weighted by Crippen LogP contribution is 2.26. The molecule has 0 saturated carbocycles. The number of morpholine rings is 1. The molecule has 0 amide bonds. The fourth-order valence-corrected chi connectivity index (χ4v) is 4.13. The minimum Gasteiger partial charge on any atom is -0.489 e. The minimum atomic E-state index is 0.131. The van der Waals surface area contributed by atoms with Gasteiger partial charge in [-0.15, -0.1) is 0 Å². The van der Waals surface area contributed by atoms with E-state index >= 15 is 0 Å². The lowest BCUT2D eigenvalue weighted by molar-refractivity contribution is -0.119. The number of carbonyl (C=O) groups is 1. The molecule has 31 heavy (non-hydrogen) atoms. The third kappa shape index (κ3) is 5.53. The number of benzene rings is 1. The van der Waals surface area contributed by atoms with Crippen molar-refractivity contribution in [2.45, 2.75) is 45.1 Å². The van der Waals surface area contributed by atoms with Gasteiger partial charge in [0.25, 0.3) is 0 Å². The summed E-state index contributed by atoms with van der Waals surface area (Å²) in [6.07, 6.45) is 4.13. The Morgan fingerprint density at radius 2 is 1.94 bits per heavy atom. The van der Waals surface area contributed by atoms with Crippen LogP contribution < -0.4 is 14.5 Å². The molecule has 1 aromatic carbocycles. The number of hydrogen-bond acceptors (Lipinski definition) is 7. The van der Waals surface area contributed by atoms with Crippen molar-refractivity contribution in [1.29, 1.82) is 0 Å². The number of rotatable bonds is 8. The van der Waals surface area contributed by atoms with E-state index < -0.39 is 0 Å². The highest BCUT2D eigenvalue weighted by molar-refractivity contribution is 5.78. The first-order valence-electron chi connectivity index (χ1n) is 11.3. The molecule has 4 rings (SSSR count). The fraction of sp³-hybridized carbons (Fsp3) is 0.542. The van der Waals surface area contributed by atoms with E-state index in [1.54, 1.807) is 0 Å². The molecule has 0 spiro atoms. The van der Waals surface area contributed by atoms with Crippen LogP contribution in [-0.4, -0.2) is 61.2 Å². The molecule has 2 atom stereocenters. The zero-order valence-electron chi connectivity index (χ0n) is 18.5. The van der Waals surface area contributed by atoms with Gasteiger partial charge in [-0.2, -0.15) is 4.98 Å². The molecule has 2 aromatic rings. The molecular formula is C24H32N4O3. The first-order chi connectivity index (χ1) is 15.1. The van der Waals surface area contributed by atoms with Crippen LogP contribution in [0, 0.1) is 0 Å². The number of aromatic nitrogens is 2. The number of anilines is 2. The first-order valence-corrected chi connectivity index (χ1v) is 11.3. The maximum Gasteiger partial charge on any atom is 0.227 e. The van der Waals surface area contributed by atoms with E-state index in [-0.39, 0.29) is 12.0 Å². The second-order valence-electron chi connectivity index (χ2n) is 8.36. The zero-order valence-corrected chi connectivity index (χ0v) is 18.5. The van der Waals surface area contributed by atoms with E-state index in [0.717, 1.165) is 63.3 Å². The molecule has 1 unspecified atom stereocenters. The number of ether oxygens (including phenoxy) is 2. The molecule has 7 heteroatoms. The summed E-state index contributed by atoms with van der Waals surface area (Å²) in [5.74, 6) is 3.15. The number of carbonyl (C=O) groups excluding carboxylic acids is 1. The van der Waals surface area contributed by atoms with Crippen molar-refractivity contribution in [3.8, 4) is 5.75 Å². The largest absolute Gasteiger partial charge is 0.489 e. The zero-order chi connectivity index (χ0) is 21.6. The second kappa shape index (κ2) is 10.1. The van der Waals surface area contributed by atoms with Gasteiger partial charge in [-0.1, -0.05) is 26.0 Å². The summed E-state index contributed by atoms with van der Waals surface area (Å²) in [6.45, 7) is 8.85. The monoisotopic (exact) mass is 424 g/mol. The Balaban J connectivity index is 1.33. The van der Waals surface area contributed by atoms with Gasteiger partial charge in [-0.25, -0.2) is 4.98 Å². The Morgan fingerprint density at radius 3 is 2.68 bits per heavy atom. The molecule has 0 bridgehead atoms. The van der Waals surface area contributed by atoms with Crippen LogP contribution in [0.15, 0.2) is 36.5 Å². The molecule has 7 nitrogen and oxygen atoms in total. The normalized spacial score (nSPS) is 20.0. The van der Waals surface area contributed by atoms with Crippen LogP contribution in [0.3, 0.4) is 0 Å². The van der Waals surface area contributed by atoms with E-state index in [4.69, 9.17) is 14.5 Å². The Kier molecular flexibility index (Phi) is 7.02. The van der Waals surface area contributed by atoms with Gasteiger partial charge in [0.2, 0.25) is 5.95 Å². The van der Waals surface area contributed by atoms with E-state index in [1.807, 2.05) is 31.3 Å². The molecule has 2 aliphatic heterocycles. The predicted octanol–water partition coefficient (Wildman–Crippen LogP) is 3.44. The van der Waals surface area contributed by atoms with Crippen molar-refractivity contribution in [3.63, 3.8) is 0 Å². The van der Waals surface area contributed by atoms with Crippen molar-refractivity contribution < 1.29 is 14.3 Å². The van der Waals surface area contributed by atoms with Gasteiger partial charge in [-0.05, 0) is 29.7 Å². The van der Waals surface area contributed by atoms with Crippen LogP contribution in [-0.2, 0) is 9.53 Å². The lowest BCUT2D eigenvalue weighted by atomic mass is 9.95. The molecule has 2 saturated heterocycles. The fourth-order valence-electron chi connectivity index (χ4n) is 4.13. The molecule has 166 valence electrons. The summed E-state index contributed by atoms with van der Waals surface area (Å²) in [4.78, 5) is 25.4. The van der Waals surface area contributed by atoms with Gasteiger partial charge >= 0.3 is 0 Å². The van der Waals surface area contributed by atoms with Crippen molar-refractivity contribution in [2.24, 2.45) is 0 Å². The Morgan fingerprint density at radius 1 is 1.16 bits per heavy atom. The van der Waals surface area contributed by atoms with Gasteiger partial charge in [-0.3, -0.25) is 4.79 Å². The van der Waals surface area contributed by atoms with Crippen LogP contribution in [0.25, 0.3) is 0 Å². The van der Waals surface area contributed by atoms with Crippen molar-refractivity contribution in [2.75, 3.05) is 49.2 Å². The van der Waals surface area contributed by atoms with Gasteiger partial charge in [0.05, 0.1) is 19.8 Å². The summed E-state index contributed by atoms with van der Waals surface area (Å²) < 4.78 is 11.7. The average Bonchev–Trinajstić information content (AvgIpc) is 3.28. The molecule has 0 radical (unpaired) electrons. The maximum atomic E-state index is 11.7. The summed E-state index contributed by atoms with van der Waals surface area (Å²) in [5.41, 5.74) is 1.18. The Bertz CT molecular complexity index is 867. The second-order valence-corrected chi connectivity index (χ2v) is 8.36. The van der Waals surface area contributed by atoms with Crippen LogP contribution in [0.5, 0.6) is 5.75 Å². The number of hydrogen-bond donors (Lipinski definition) is 0. The highest BCUT2D eigenvalue weighted by Gasteiger charge is 2.26. The van der Waals surface area contributed by atoms with Gasteiger partial charge in [0.15, 0.2) is 0 Å². The first kappa shape index (κ1) is 21.6. The highest BCUT2D eigenvalue weighted by atomic mass is 16.5. The molecule has 2 aliphatic rings. The van der Waals surface area contributed by atoms with Crippen molar-refractivity contribution >= 4 is 17.5 Å². The van der Waals surface area contributed by atoms with E-state index in [1.165, 1.54) is 5.56 Å². The van der Waals surface area contributed by atoms with Gasteiger partial charge in [0.1, 0.15) is 23.5 Å². The van der Waals surface area contributed by atoms with E-state index in [2.05, 4.69) is 33.8 Å². The number of ketones is 1. The lowest BCUT2D eigenvalue weighted by Crippen LogP contribution is -2.37. The van der Waals surface area contributed by atoms with Crippen molar-refractivity contribution in [1.82, 2.24) is 9.97 Å². The quantitative estimate of drug-likeness (QED) is 0.643. The molecule has 3 heterocycles. The third-order valence-electron chi connectivity index (χ3n) is 6.07. The van der Waals surface area contributed by atoms with Gasteiger partial charge < -0.3 is 19.3 Å². The van der Waals surface area contributed by atoms with E-state index in [9.17, 15) is 4.79 Å². The predicted molar refractivity (Wildman–Crippen MR) is 121 cm³/mol. The number of nitrogens with zero attached hydrogens (tertiary/aromatic N) is 4. The van der Waals surface area contributed by atoms with Crippen molar-refractivity contribution in [3.05, 3.63) is 42.1 Å². The molecule has 0 N–H and O–H groups in total. The summed E-state index contributed by atoms with van der Waals surface area (Å²) >= 11 is 0. The Hall–Kier alpha value is -2.67. The summed E-state index contributed by atoms with van der Waals surface area (Å²) in [5, 5.41) is 0. The van der Waals surface area contributed by atoms with Crippen LogP contribution in [0.1, 0.15) is 44.6 Å². The molecule has 2 fully saturated rings. The van der Waals surface area contributed by atoms with Crippen LogP contribution in [0.4, 0.5) is 11.8 Å². The van der Waals surface area contributed by atoms with Crippen LogP contribution >= 0.6 is 0 Å². The lowest BCUT2D eigenvalue weighted by Gasteiger charge is -2.27. The number of Topliss-reactive ketones (excluding diaryl/α,β-unsaturated/α-hetero) is 1. The minimum absolute atomic E-state index is 0.131. The maximum absolute atomic E-state index is 11.7. The SMILES string of the molecule is CCC(=O)C[C@@H](C)c1ccc(OC2CCN(c3ccnc(N4CCOCC4)n3)C2)cc1. The summed E-state index contributed by atoms with van der Waals surface area (Å²) in [7, 11) is 0. The van der Waals surface area contributed by atoms with Crippen LogP contribution in [0.2, 0.25) is 0 Å².